The Balaban J connectivity index is 0.000000280. The van der Waals surface area contributed by atoms with Gasteiger partial charge in [-0.15, -0.1) is 4.91 Å². The maximum Gasteiger partial charge on any atom is 0.157 e. The average Bonchev–Trinajstić information content (AvgIpc) is 2.40. The summed E-state index contributed by atoms with van der Waals surface area (Å²) >= 11 is 0. The first-order valence-corrected chi connectivity index (χ1v) is 6.28. The van der Waals surface area contributed by atoms with Crippen molar-refractivity contribution in [3.63, 3.8) is 0 Å². The van der Waals surface area contributed by atoms with E-state index in [4.69, 9.17) is 0 Å². The van der Waals surface area contributed by atoms with Crippen LogP contribution in [0.5, 0.6) is 5.75 Å². The summed E-state index contributed by atoms with van der Waals surface area (Å²) in [7, 11) is 0. The number of unbranched alkanes of at least 4 members (excludes halogenated alkanes) is 2. The summed E-state index contributed by atoms with van der Waals surface area (Å²) in [6.45, 7) is 4.42. The Morgan fingerprint density at radius 2 is 1.72 bits per heavy atom. The number of aromatic hydroxyl groups is 1. The van der Waals surface area contributed by atoms with E-state index in [1.54, 1.807) is 18.2 Å². The molecule has 18 heavy (non-hydrogen) atoms. The quantitative estimate of drug-likeness (QED) is 0.761. The summed E-state index contributed by atoms with van der Waals surface area (Å²) in [5.74, 6) is -0.0753. The zero-order valence-electron chi connectivity index (χ0n) is 10.9. The van der Waals surface area contributed by atoms with Crippen LogP contribution in [0, 0.1) is 4.91 Å². The highest BCUT2D eigenvalue weighted by Crippen LogP contribution is 2.34. The third-order valence-corrected chi connectivity index (χ3v) is 2.68. The van der Waals surface area contributed by atoms with Gasteiger partial charge in [0.15, 0.2) is 5.69 Å². The van der Waals surface area contributed by atoms with Gasteiger partial charge in [-0.1, -0.05) is 63.4 Å². The maximum atomic E-state index is 10.4. The van der Waals surface area contributed by atoms with Crippen LogP contribution >= 0.6 is 0 Å². The Hall–Kier alpha value is -1.90. The van der Waals surface area contributed by atoms with E-state index in [1.807, 2.05) is 12.1 Å². The van der Waals surface area contributed by atoms with Crippen molar-refractivity contribution in [2.75, 3.05) is 0 Å². The number of rotatable bonds is 3. The molecular weight excluding hydrogens is 226 g/mol. The predicted octanol–water partition coefficient (Wildman–Crippen LogP) is 5.14. The highest BCUT2D eigenvalue weighted by Gasteiger charge is 2.05. The summed E-state index contributed by atoms with van der Waals surface area (Å²) in [5.41, 5.74) is 0.109. The van der Waals surface area contributed by atoms with Gasteiger partial charge in [0.25, 0.3) is 0 Å². The number of hydrogen-bond donors (Lipinski definition) is 1. The molecule has 2 aromatic rings. The zero-order valence-corrected chi connectivity index (χ0v) is 10.9. The lowest BCUT2D eigenvalue weighted by atomic mass is 10.1. The van der Waals surface area contributed by atoms with Gasteiger partial charge in [-0.2, -0.15) is 0 Å². The molecule has 2 aromatic carbocycles. The van der Waals surface area contributed by atoms with E-state index in [0.29, 0.717) is 5.39 Å². The van der Waals surface area contributed by atoms with Crippen molar-refractivity contribution in [1.82, 2.24) is 0 Å². The van der Waals surface area contributed by atoms with Gasteiger partial charge >= 0.3 is 0 Å². The fourth-order valence-electron chi connectivity index (χ4n) is 1.69. The Morgan fingerprint density at radius 1 is 1.06 bits per heavy atom. The first-order valence-electron chi connectivity index (χ1n) is 6.28. The van der Waals surface area contributed by atoms with E-state index in [1.165, 1.54) is 25.3 Å². The van der Waals surface area contributed by atoms with Crippen molar-refractivity contribution in [3.05, 3.63) is 41.3 Å². The van der Waals surface area contributed by atoms with Crippen molar-refractivity contribution in [2.24, 2.45) is 5.18 Å². The molecule has 0 aromatic heterocycles. The minimum absolute atomic E-state index is 0.0753. The van der Waals surface area contributed by atoms with Crippen molar-refractivity contribution in [2.45, 2.75) is 33.1 Å². The average molecular weight is 245 g/mol. The van der Waals surface area contributed by atoms with E-state index in [2.05, 4.69) is 19.0 Å². The molecular formula is C15H19NO2. The van der Waals surface area contributed by atoms with Gasteiger partial charge in [0, 0.05) is 5.39 Å². The van der Waals surface area contributed by atoms with Crippen molar-refractivity contribution in [1.29, 1.82) is 0 Å². The number of fused-ring (bicyclic) bond motifs is 1. The van der Waals surface area contributed by atoms with E-state index in [9.17, 15) is 10.0 Å². The summed E-state index contributed by atoms with van der Waals surface area (Å²) in [4.78, 5) is 10.4. The number of phenols is 1. The standard InChI is InChI=1S/C10H7NO2.C5H12/c12-9-6-5-7-3-1-2-4-8(7)10(9)11-13;1-3-5-4-2/h1-6,12H;3-5H2,1-2H3. The van der Waals surface area contributed by atoms with E-state index in [0.717, 1.165) is 5.39 Å². The Morgan fingerprint density at radius 3 is 2.28 bits per heavy atom. The molecule has 1 N–H and O–H groups in total. The Bertz CT molecular complexity index is 507. The molecule has 0 bridgehead atoms. The van der Waals surface area contributed by atoms with Crippen LogP contribution in [0.2, 0.25) is 0 Å². The Labute approximate surface area is 107 Å². The normalized spacial score (nSPS) is 9.67. The van der Waals surface area contributed by atoms with Gasteiger partial charge in [-0.3, -0.25) is 0 Å². The second kappa shape index (κ2) is 7.43. The number of hydrogen-bond acceptors (Lipinski definition) is 3. The molecule has 96 valence electrons. The number of benzene rings is 2. The highest BCUT2D eigenvalue weighted by molar-refractivity contribution is 5.95. The highest BCUT2D eigenvalue weighted by atomic mass is 16.3. The topological polar surface area (TPSA) is 49.7 Å². The third-order valence-electron chi connectivity index (χ3n) is 2.68. The molecule has 0 spiro atoms. The molecule has 3 nitrogen and oxygen atoms in total. The van der Waals surface area contributed by atoms with Gasteiger partial charge in [0.1, 0.15) is 5.75 Å². The van der Waals surface area contributed by atoms with Crippen LogP contribution in [-0.4, -0.2) is 5.11 Å². The second-order valence-electron chi connectivity index (χ2n) is 4.10. The molecule has 2 rings (SSSR count). The van der Waals surface area contributed by atoms with Crippen molar-refractivity contribution in [3.8, 4) is 5.75 Å². The fourth-order valence-corrected chi connectivity index (χ4v) is 1.69. The molecule has 0 saturated heterocycles. The third kappa shape index (κ3) is 3.55. The van der Waals surface area contributed by atoms with Crippen LogP contribution in [0.3, 0.4) is 0 Å². The molecule has 0 unspecified atom stereocenters. The number of nitrogens with zero attached hydrogens (tertiary/aromatic N) is 1. The molecule has 0 aliphatic carbocycles. The lowest BCUT2D eigenvalue weighted by Crippen LogP contribution is -1.73. The summed E-state index contributed by atoms with van der Waals surface area (Å²) in [5, 5.41) is 13.7. The summed E-state index contributed by atoms with van der Waals surface area (Å²) in [6.07, 6.45) is 4.08. The van der Waals surface area contributed by atoms with Gasteiger partial charge in [-0.05, 0) is 16.6 Å². The summed E-state index contributed by atoms with van der Waals surface area (Å²) in [6, 6.07) is 10.5. The molecule has 0 radical (unpaired) electrons. The molecule has 0 aliphatic rings. The van der Waals surface area contributed by atoms with Crippen molar-refractivity contribution >= 4 is 16.5 Å². The van der Waals surface area contributed by atoms with Gasteiger partial charge < -0.3 is 5.11 Å². The minimum atomic E-state index is -0.0753. The SMILES string of the molecule is CCCCC.O=Nc1c(O)ccc2ccccc12. The monoisotopic (exact) mass is 245 g/mol. The number of phenolic OH excluding ortho intramolecular Hbond substituents is 1. The largest absolute Gasteiger partial charge is 0.506 e. The minimum Gasteiger partial charge on any atom is -0.506 e. The molecule has 0 amide bonds. The predicted molar refractivity (Wildman–Crippen MR) is 76.3 cm³/mol. The number of nitroso groups, excluding NO2 is 1. The van der Waals surface area contributed by atoms with Gasteiger partial charge in [0.05, 0.1) is 0 Å². The van der Waals surface area contributed by atoms with E-state index in [-0.39, 0.29) is 11.4 Å². The lowest BCUT2D eigenvalue weighted by Gasteiger charge is -2.00. The first-order chi connectivity index (χ1) is 8.74. The van der Waals surface area contributed by atoms with Crippen molar-refractivity contribution < 1.29 is 5.11 Å². The molecule has 0 fully saturated rings. The first kappa shape index (κ1) is 14.2. The van der Waals surface area contributed by atoms with Gasteiger partial charge in [-0.25, -0.2) is 0 Å². The smallest absolute Gasteiger partial charge is 0.157 e. The fraction of sp³-hybridized carbons (Fsp3) is 0.333. The zero-order chi connectivity index (χ0) is 13.4. The molecule has 0 aliphatic heterocycles. The Kier molecular flexibility index (Phi) is 5.85. The van der Waals surface area contributed by atoms with Crippen LogP contribution < -0.4 is 0 Å². The lowest BCUT2D eigenvalue weighted by molar-refractivity contribution is 0.477. The van der Waals surface area contributed by atoms with Gasteiger partial charge in [0.2, 0.25) is 0 Å². The van der Waals surface area contributed by atoms with Crippen LogP contribution in [-0.2, 0) is 0 Å². The molecule has 0 heterocycles. The summed E-state index contributed by atoms with van der Waals surface area (Å²) < 4.78 is 0. The molecule has 0 saturated carbocycles. The van der Waals surface area contributed by atoms with Crippen LogP contribution in [0.25, 0.3) is 10.8 Å². The van der Waals surface area contributed by atoms with E-state index >= 15 is 0 Å². The van der Waals surface area contributed by atoms with Crippen LogP contribution in [0.1, 0.15) is 33.1 Å². The van der Waals surface area contributed by atoms with Crippen LogP contribution in [0.15, 0.2) is 41.6 Å². The molecule has 0 atom stereocenters. The van der Waals surface area contributed by atoms with Crippen LogP contribution in [0.4, 0.5) is 5.69 Å². The molecule has 3 heteroatoms. The maximum absolute atomic E-state index is 10.4. The van der Waals surface area contributed by atoms with E-state index < -0.39 is 0 Å². The second-order valence-corrected chi connectivity index (χ2v) is 4.10.